The zero-order valence-electron chi connectivity index (χ0n) is 22.8. The molecule has 0 radical (unpaired) electrons. The van der Waals surface area contributed by atoms with Crippen LogP contribution in [0.5, 0.6) is 5.75 Å². The molecule has 214 valence electrons. The lowest BCUT2D eigenvalue weighted by Crippen LogP contribution is -2.50. The van der Waals surface area contributed by atoms with Crippen LogP contribution in [-0.4, -0.2) is 82.1 Å². The monoisotopic (exact) mass is 562 g/mol. The molecule has 0 unspecified atom stereocenters. The van der Waals surface area contributed by atoms with Gasteiger partial charge in [-0.1, -0.05) is 0 Å². The van der Waals surface area contributed by atoms with Crippen molar-refractivity contribution in [2.24, 2.45) is 0 Å². The molecule has 1 N–H and O–H groups in total. The lowest BCUT2D eigenvalue weighted by atomic mass is 10.0. The highest BCUT2D eigenvalue weighted by atomic mass is 19.3. The van der Waals surface area contributed by atoms with E-state index in [-0.39, 0.29) is 11.7 Å². The minimum absolute atomic E-state index is 0.0672. The number of likely N-dealkylation sites (tertiary alicyclic amines) is 1. The summed E-state index contributed by atoms with van der Waals surface area (Å²) in [6.45, 7) is 4.13. The molecule has 2 aliphatic heterocycles. The SMILES string of the molecule is Cc1cc(Nc2nccn3c(-c4ccc(OC(F)F)cc4)cnc23)ccc1C(=O)N1CCC(N2CCOCC2)CC1. The zero-order chi connectivity index (χ0) is 28.3. The van der Waals surface area contributed by atoms with Crippen molar-refractivity contribution in [1.82, 2.24) is 24.2 Å². The first kappa shape index (κ1) is 27.1. The van der Waals surface area contributed by atoms with Crippen LogP contribution in [0, 0.1) is 6.92 Å². The second-order valence-electron chi connectivity index (χ2n) is 10.3. The first-order valence-electron chi connectivity index (χ1n) is 13.8. The Hall–Kier alpha value is -4.09. The van der Waals surface area contributed by atoms with Crippen LogP contribution < -0.4 is 10.1 Å². The number of halogens is 2. The zero-order valence-corrected chi connectivity index (χ0v) is 22.8. The molecule has 1 amide bonds. The summed E-state index contributed by atoms with van der Waals surface area (Å²) in [6, 6.07) is 12.6. The standard InChI is InChI=1S/C30H32F2N6O3/c1-20-18-22(4-7-25(20)29(39)37-11-8-23(9-12-37)36-14-16-40-17-15-36)35-27-28-34-19-26(38(28)13-10-33-27)21-2-5-24(6-3-21)41-30(31)32/h2-7,10,13,18-19,23,30H,8-9,11-12,14-17H2,1H3,(H,33,35). The Bertz CT molecular complexity index is 1510. The molecule has 6 rings (SSSR count). The van der Waals surface area contributed by atoms with Gasteiger partial charge in [0.25, 0.3) is 5.91 Å². The number of aromatic nitrogens is 3. The van der Waals surface area contributed by atoms with Crippen LogP contribution >= 0.6 is 0 Å². The third kappa shape index (κ3) is 5.86. The largest absolute Gasteiger partial charge is 0.435 e. The molecule has 11 heteroatoms. The molecule has 2 fully saturated rings. The van der Waals surface area contributed by atoms with Crippen molar-refractivity contribution in [2.45, 2.75) is 32.4 Å². The van der Waals surface area contributed by atoms with E-state index in [1.165, 1.54) is 12.1 Å². The van der Waals surface area contributed by atoms with E-state index in [0.717, 1.165) is 74.7 Å². The molecule has 0 aliphatic carbocycles. The lowest BCUT2D eigenvalue weighted by molar-refractivity contribution is -0.0498. The van der Waals surface area contributed by atoms with Crippen LogP contribution in [0.2, 0.25) is 0 Å². The van der Waals surface area contributed by atoms with Crippen LogP contribution in [0.25, 0.3) is 16.9 Å². The third-order valence-electron chi connectivity index (χ3n) is 7.84. The number of carbonyl (C=O) groups excluding carboxylic acids is 1. The maximum absolute atomic E-state index is 13.4. The van der Waals surface area contributed by atoms with Crippen molar-refractivity contribution in [3.63, 3.8) is 0 Å². The van der Waals surface area contributed by atoms with Crippen LogP contribution in [0.3, 0.4) is 0 Å². The average Bonchev–Trinajstić information content (AvgIpc) is 3.43. The molecule has 2 aromatic carbocycles. The van der Waals surface area contributed by atoms with E-state index >= 15 is 0 Å². The number of amides is 1. The van der Waals surface area contributed by atoms with E-state index < -0.39 is 6.61 Å². The Morgan fingerprint density at radius 3 is 2.51 bits per heavy atom. The molecular weight excluding hydrogens is 530 g/mol. The summed E-state index contributed by atoms with van der Waals surface area (Å²) >= 11 is 0. The molecule has 4 heterocycles. The number of imidazole rings is 1. The molecule has 0 bridgehead atoms. The van der Waals surface area contributed by atoms with Gasteiger partial charge in [-0.05, 0) is 67.8 Å². The van der Waals surface area contributed by atoms with E-state index in [0.29, 0.717) is 23.1 Å². The summed E-state index contributed by atoms with van der Waals surface area (Å²) in [7, 11) is 0. The summed E-state index contributed by atoms with van der Waals surface area (Å²) in [6.07, 6.45) is 7.14. The van der Waals surface area contributed by atoms with Gasteiger partial charge in [0.1, 0.15) is 5.75 Å². The number of fused-ring (bicyclic) bond motifs is 1. The molecule has 2 aliphatic rings. The topological polar surface area (TPSA) is 84.2 Å². The maximum atomic E-state index is 13.4. The molecule has 0 saturated carbocycles. The number of aryl methyl sites for hydroxylation is 1. The maximum Gasteiger partial charge on any atom is 0.387 e. The number of morpholine rings is 1. The normalized spacial score (nSPS) is 16.8. The second-order valence-corrected chi connectivity index (χ2v) is 10.3. The van der Waals surface area contributed by atoms with E-state index in [1.807, 2.05) is 34.4 Å². The van der Waals surface area contributed by atoms with Gasteiger partial charge in [0.05, 0.1) is 25.1 Å². The number of nitrogens with zero attached hydrogens (tertiary/aromatic N) is 5. The molecular formula is C30H32F2N6O3. The van der Waals surface area contributed by atoms with Crippen molar-refractivity contribution in [1.29, 1.82) is 0 Å². The van der Waals surface area contributed by atoms with E-state index in [1.54, 1.807) is 30.7 Å². The van der Waals surface area contributed by atoms with E-state index in [9.17, 15) is 13.6 Å². The van der Waals surface area contributed by atoms with Crippen molar-refractivity contribution in [2.75, 3.05) is 44.7 Å². The Morgan fingerprint density at radius 1 is 1.05 bits per heavy atom. The van der Waals surface area contributed by atoms with Crippen molar-refractivity contribution >= 4 is 23.1 Å². The molecule has 2 aromatic heterocycles. The molecule has 2 saturated heterocycles. The van der Waals surface area contributed by atoms with Gasteiger partial charge in [0, 0.05) is 61.4 Å². The van der Waals surface area contributed by atoms with Crippen molar-refractivity contribution < 1.29 is 23.0 Å². The summed E-state index contributed by atoms with van der Waals surface area (Å²) in [5, 5.41) is 3.33. The summed E-state index contributed by atoms with van der Waals surface area (Å²) in [4.78, 5) is 26.8. The van der Waals surface area contributed by atoms with Crippen LogP contribution in [0.15, 0.2) is 61.1 Å². The van der Waals surface area contributed by atoms with Gasteiger partial charge >= 0.3 is 6.61 Å². The number of hydrogen-bond acceptors (Lipinski definition) is 7. The number of nitrogens with one attached hydrogen (secondary N) is 1. The van der Waals surface area contributed by atoms with Gasteiger partial charge in [0.2, 0.25) is 0 Å². The summed E-state index contributed by atoms with van der Waals surface area (Å²) < 4.78 is 36.8. The fraction of sp³-hybridized carbons (Fsp3) is 0.367. The van der Waals surface area contributed by atoms with Gasteiger partial charge in [-0.2, -0.15) is 8.78 Å². The number of ether oxygens (including phenoxy) is 2. The number of carbonyl (C=O) groups is 1. The van der Waals surface area contributed by atoms with Crippen molar-refractivity contribution in [3.05, 3.63) is 72.2 Å². The van der Waals surface area contributed by atoms with E-state index in [4.69, 9.17) is 4.74 Å². The highest BCUT2D eigenvalue weighted by Gasteiger charge is 2.28. The summed E-state index contributed by atoms with van der Waals surface area (Å²) in [5.41, 5.74) is 4.57. The smallest absolute Gasteiger partial charge is 0.387 e. The molecule has 9 nitrogen and oxygen atoms in total. The lowest BCUT2D eigenvalue weighted by Gasteiger charge is -2.40. The van der Waals surface area contributed by atoms with Crippen LogP contribution in [0.4, 0.5) is 20.3 Å². The van der Waals surface area contributed by atoms with Crippen molar-refractivity contribution in [3.8, 4) is 17.0 Å². The van der Waals surface area contributed by atoms with Gasteiger partial charge in [-0.25, -0.2) is 9.97 Å². The van der Waals surface area contributed by atoms with Gasteiger partial charge < -0.3 is 19.7 Å². The fourth-order valence-electron chi connectivity index (χ4n) is 5.69. The number of hydrogen-bond donors (Lipinski definition) is 1. The Balaban J connectivity index is 1.14. The van der Waals surface area contributed by atoms with Gasteiger partial charge in [-0.3, -0.25) is 14.1 Å². The number of benzene rings is 2. The van der Waals surface area contributed by atoms with Crippen LogP contribution in [-0.2, 0) is 4.74 Å². The van der Waals surface area contributed by atoms with Gasteiger partial charge in [-0.15, -0.1) is 0 Å². The first-order chi connectivity index (χ1) is 20.0. The van der Waals surface area contributed by atoms with Gasteiger partial charge in [0.15, 0.2) is 11.5 Å². The minimum Gasteiger partial charge on any atom is -0.435 e. The minimum atomic E-state index is -2.87. The average molecular weight is 563 g/mol. The Labute approximate surface area is 236 Å². The summed E-state index contributed by atoms with van der Waals surface area (Å²) in [5.74, 6) is 0.717. The molecule has 0 spiro atoms. The quantitative estimate of drug-likeness (QED) is 0.340. The molecule has 0 atom stereocenters. The number of alkyl halides is 2. The van der Waals surface area contributed by atoms with Crippen LogP contribution in [0.1, 0.15) is 28.8 Å². The molecule has 4 aromatic rings. The fourth-order valence-corrected chi connectivity index (χ4v) is 5.69. The number of rotatable bonds is 7. The number of anilines is 2. The Morgan fingerprint density at radius 2 is 1.80 bits per heavy atom. The molecule has 41 heavy (non-hydrogen) atoms. The highest BCUT2D eigenvalue weighted by Crippen LogP contribution is 2.28. The predicted octanol–water partition coefficient (Wildman–Crippen LogP) is 4.99. The predicted molar refractivity (Wildman–Crippen MR) is 151 cm³/mol. The highest BCUT2D eigenvalue weighted by molar-refractivity contribution is 5.96. The third-order valence-corrected chi connectivity index (χ3v) is 7.84. The number of piperidine rings is 1. The van der Waals surface area contributed by atoms with E-state index in [2.05, 4.69) is 24.9 Å². The second kappa shape index (κ2) is 11.8. The Kier molecular flexibility index (Phi) is 7.80. The first-order valence-corrected chi connectivity index (χ1v) is 13.8.